The molecule has 0 atom stereocenters. The Morgan fingerprint density at radius 2 is 2.12 bits per heavy atom. The Morgan fingerprint density at radius 1 is 1.24 bits per heavy atom. The number of hydrogen-bond acceptors (Lipinski definition) is 4. The molecule has 3 heterocycles. The predicted molar refractivity (Wildman–Crippen MR) is 63.4 cm³/mol. The number of nitrogens with zero attached hydrogens (tertiary/aromatic N) is 4. The van der Waals surface area contributed by atoms with Gasteiger partial charge in [0.15, 0.2) is 0 Å². The molecule has 0 aliphatic carbocycles. The quantitative estimate of drug-likeness (QED) is 0.686. The Bertz CT molecular complexity index is 690. The average Bonchev–Trinajstić information content (AvgIpc) is 2.75. The van der Waals surface area contributed by atoms with Crippen LogP contribution in [0.25, 0.3) is 22.2 Å². The van der Waals surface area contributed by atoms with E-state index in [1.165, 1.54) is 6.07 Å². The van der Waals surface area contributed by atoms with E-state index < -0.39 is 0 Å². The smallest absolute Gasteiger partial charge is 0.211 e. The molecular formula is C12H10N4O. The van der Waals surface area contributed by atoms with Crippen molar-refractivity contribution >= 4 is 11.0 Å². The summed E-state index contributed by atoms with van der Waals surface area (Å²) in [5.41, 5.74) is 3.31. The zero-order chi connectivity index (χ0) is 11.8. The molecule has 0 aliphatic rings. The summed E-state index contributed by atoms with van der Waals surface area (Å²) in [4.78, 5) is 8.33. The molecule has 0 saturated heterocycles. The van der Waals surface area contributed by atoms with E-state index >= 15 is 0 Å². The molecule has 0 amide bonds. The van der Waals surface area contributed by atoms with Gasteiger partial charge in [0.1, 0.15) is 5.52 Å². The number of pyridine rings is 2. The topological polar surface area (TPSA) is 63.8 Å². The third-order valence-electron chi connectivity index (χ3n) is 2.59. The minimum Gasteiger partial charge on any atom is -0.493 e. The molecule has 3 aromatic rings. The van der Waals surface area contributed by atoms with Gasteiger partial charge in [-0.3, -0.25) is 9.67 Å². The molecule has 0 aliphatic heterocycles. The van der Waals surface area contributed by atoms with Gasteiger partial charge in [0, 0.05) is 36.6 Å². The maximum absolute atomic E-state index is 9.45. The molecule has 0 radical (unpaired) electrons. The van der Waals surface area contributed by atoms with Crippen molar-refractivity contribution in [2.45, 2.75) is 0 Å². The van der Waals surface area contributed by atoms with Crippen molar-refractivity contribution in [3.63, 3.8) is 0 Å². The normalized spacial score (nSPS) is 10.9. The summed E-state index contributed by atoms with van der Waals surface area (Å²) in [5, 5.41) is 13.6. The van der Waals surface area contributed by atoms with Crippen LogP contribution in [0.5, 0.6) is 5.88 Å². The molecule has 17 heavy (non-hydrogen) atoms. The summed E-state index contributed by atoms with van der Waals surface area (Å²) < 4.78 is 1.73. The van der Waals surface area contributed by atoms with E-state index in [0.29, 0.717) is 5.52 Å². The molecule has 0 unspecified atom stereocenters. The van der Waals surface area contributed by atoms with Gasteiger partial charge in [-0.2, -0.15) is 5.10 Å². The van der Waals surface area contributed by atoms with Crippen LogP contribution in [0.1, 0.15) is 0 Å². The van der Waals surface area contributed by atoms with Gasteiger partial charge in [-0.1, -0.05) is 0 Å². The lowest BCUT2D eigenvalue weighted by atomic mass is 10.1. The van der Waals surface area contributed by atoms with Crippen molar-refractivity contribution in [1.82, 2.24) is 19.7 Å². The van der Waals surface area contributed by atoms with Gasteiger partial charge in [0.25, 0.3) is 0 Å². The second-order valence-electron chi connectivity index (χ2n) is 3.80. The zero-order valence-corrected chi connectivity index (χ0v) is 9.20. The van der Waals surface area contributed by atoms with E-state index in [1.807, 2.05) is 19.3 Å². The lowest BCUT2D eigenvalue weighted by molar-refractivity contribution is 0.456. The van der Waals surface area contributed by atoms with Crippen LogP contribution in [0.4, 0.5) is 0 Å². The Balaban J connectivity index is 2.32. The molecule has 3 aromatic heterocycles. The summed E-state index contributed by atoms with van der Waals surface area (Å²) in [6, 6.07) is 5.14. The first-order chi connectivity index (χ1) is 8.24. The summed E-state index contributed by atoms with van der Waals surface area (Å²) in [5.74, 6) is -0.00404. The molecule has 1 N–H and O–H groups in total. The summed E-state index contributed by atoms with van der Waals surface area (Å²) in [6.45, 7) is 0. The molecule has 0 saturated carbocycles. The van der Waals surface area contributed by atoms with Crippen molar-refractivity contribution in [1.29, 1.82) is 0 Å². The van der Waals surface area contributed by atoms with Crippen LogP contribution in [-0.2, 0) is 7.05 Å². The van der Waals surface area contributed by atoms with Gasteiger partial charge in [-0.25, -0.2) is 4.98 Å². The van der Waals surface area contributed by atoms with Gasteiger partial charge in [-0.15, -0.1) is 0 Å². The maximum Gasteiger partial charge on any atom is 0.211 e. The fraction of sp³-hybridized carbons (Fsp3) is 0.0833. The monoisotopic (exact) mass is 226 g/mol. The van der Waals surface area contributed by atoms with Crippen molar-refractivity contribution < 1.29 is 5.11 Å². The largest absolute Gasteiger partial charge is 0.493 e. The second kappa shape index (κ2) is 3.55. The molecule has 0 fully saturated rings. The van der Waals surface area contributed by atoms with Crippen LogP contribution in [-0.4, -0.2) is 24.9 Å². The number of aryl methyl sites for hydroxylation is 1. The van der Waals surface area contributed by atoms with Crippen molar-refractivity contribution in [3.8, 4) is 17.0 Å². The van der Waals surface area contributed by atoms with Crippen molar-refractivity contribution in [3.05, 3.63) is 36.8 Å². The van der Waals surface area contributed by atoms with Gasteiger partial charge >= 0.3 is 0 Å². The predicted octanol–water partition coefficient (Wildman–Crippen LogP) is 1.74. The van der Waals surface area contributed by atoms with Crippen LogP contribution in [0.2, 0.25) is 0 Å². The minimum absolute atomic E-state index is 0.00404. The fourth-order valence-electron chi connectivity index (χ4n) is 1.81. The van der Waals surface area contributed by atoms with Crippen LogP contribution in [0.3, 0.4) is 0 Å². The third kappa shape index (κ3) is 1.61. The lowest BCUT2D eigenvalue weighted by Crippen LogP contribution is -1.87. The highest BCUT2D eigenvalue weighted by Crippen LogP contribution is 2.26. The van der Waals surface area contributed by atoms with Crippen LogP contribution < -0.4 is 0 Å². The first-order valence-electron chi connectivity index (χ1n) is 5.18. The van der Waals surface area contributed by atoms with Gasteiger partial charge in [0.05, 0.1) is 11.7 Å². The number of aromatic hydroxyl groups is 1. The molecule has 5 nitrogen and oxygen atoms in total. The van der Waals surface area contributed by atoms with E-state index in [-0.39, 0.29) is 5.88 Å². The highest BCUT2D eigenvalue weighted by Gasteiger charge is 2.08. The van der Waals surface area contributed by atoms with Crippen LogP contribution in [0.15, 0.2) is 36.8 Å². The van der Waals surface area contributed by atoms with Gasteiger partial charge in [-0.05, 0) is 12.1 Å². The van der Waals surface area contributed by atoms with Crippen molar-refractivity contribution in [2.75, 3.05) is 0 Å². The third-order valence-corrected chi connectivity index (χ3v) is 2.59. The van der Waals surface area contributed by atoms with E-state index in [1.54, 1.807) is 23.1 Å². The number of aromatic nitrogens is 4. The van der Waals surface area contributed by atoms with E-state index in [2.05, 4.69) is 15.1 Å². The number of rotatable bonds is 1. The first-order valence-corrected chi connectivity index (χ1v) is 5.18. The highest BCUT2D eigenvalue weighted by atomic mass is 16.3. The van der Waals surface area contributed by atoms with E-state index in [4.69, 9.17) is 0 Å². The van der Waals surface area contributed by atoms with Crippen LogP contribution >= 0.6 is 0 Å². The molecule has 0 bridgehead atoms. The SMILES string of the molecule is Cn1cc(-c2ccnc3ccc(O)nc23)cn1. The molecule has 0 spiro atoms. The average molecular weight is 226 g/mol. The maximum atomic E-state index is 9.45. The molecule has 0 aromatic carbocycles. The van der Waals surface area contributed by atoms with Gasteiger partial charge < -0.3 is 5.11 Å². The molecular weight excluding hydrogens is 216 g/mol. The zero-order valence-electron chi connectivity index (χ0n) is 9.20. The number of fused-ring (bicyclic) bond motifs is 1. The summed E-state index contributed by atoms with van der Waals surface area (Å²) in [6.07, 6.45) is 5.39. The Morgan fingerprint density at radius 3 is 2.88 bits per heavy atom. The highest BCUT2D eigenvalue weighted by molar-refractivity contribution is 5.90. The molecule has 84 valence electrons. The lowest BCUT2D eigenvalue weighted by Gasteiger charge is -2.02. The van der Waals surface area contributed by atoms with E-state index in [0.717, 1.165) is 16.6 Å². The summed E-state index contributed by atoms with van der Waals surface area (Å²) >= 11 is 0. The van der Waals surface area contributed by atoms with Crippen LogP contribution in [0, 0.1) is 0 Å². The number of hydrogen-bond donors (Lipinski definition) is 1. The standard InChI is InChI=1S/C12H10N4O/c1-16-7-8(6-14-16)9-4-5-13-10-2-3-11(17)15-12(9)10/h2-7H,1H3,(H,15,17). The summed E-state index contributed by atoms with van der Waals surface area (Å²) in [7, 11) is 1.86. The Hall–Kier alpha value is -2.43. The Kier molecular flexibility index (Phi) is 2.04. The Labute approximate surface area is 97.4 Å². The minimum atomic E-state index is -0.00404. The van der Waals surface area contributed by atoms with Crippen molar-refractivity contribution in [2.24, 2.45) is 7.05 Å². The van der Waals surface area contributed by atoms with Gasteiger partial charge in [0.2, 0.25) is 5.88 Å². The molecule has 3 rings (SSSR count). The molecule has 5 heteroatoms. The van der Waals surface area contributed by atoms with E-state index in [9.17, 15) is 5.11 Å². The fourth-order valence-corrected chi connectivity index (χ4v) is 1.81. The second-order valence-corrected chi connectivity index (χ2v) is 3.80. The first kappa shape index (κ1) is 9.77.